The SMILES string of the molecule is C[C@@H](Oc1ccc(Cl)cc1)C(=O)N/N=C\c1cc(Br)ccc1OC(=O)/C=C/c1ccccc1. The molecule has 0 aromatic heterocycles. The molecule has 0 fully saturated rings. The molecule has 6 nitrogen and oxygen atoms in total. The molecule has 168 valence electrons. The second-order valence-corrected chi connectivity index (χ2v) is 8.15. The maximum atomic E-state index is 12.3. The van der Waals surface area contributed by atoms with Gasteiger partial charge in [0, 0.05) is 21.1 Å². The van der Waals surface area contributed by atoms with Crippen LogP contribution in [0.15, 0.2) is 88.4 Å². The van der Waals surface area contributed by atoms with E-state index in [1.54, 1.807) is 55.5 Å². The van der Waals surface area contributed by atoms with Gasteiger partial charge >= 0.3 is 5.97 Å². The zero-order valence-electron chi connectivity index (χ0n) is 17.6. The smallest absolute Gasteiger partial charge is 0.336 e. The highest BCUT2D eigenvalue weighted by atomic mass is 79.9. The second kappa shape index (κ2) is 12.0. The van der Waals surface area contributed by atoms with E-state index in [-0.39, 0.29) is 0 Å². The van der Waals surface area contributed by atoms with Crippen molar-refractivity contribution in [3.05, 3.63) is 99.5 Å². The van der Waals surface area contributed by atoms with E-state index in [1.165, 1.54) is 12.3 Å². The summed E-state index contributed by atoms with van der Waals surface area (Å²) in [5, 5.41) is 4.54. The summed E-state index contributed by atoms with van der Waals surface area (Å²) >= 11 is 9.22. The average molecular weight is 528 g/mol. The zero-order valence-corrected chi connectivity index (χ0v) is 19.9. The minimum Gasteiger partial charge on any atom is -0.481 e. The molecule has 1 amide bonds. The minimum atomic E-state index is -0.786. The highest BCUT2D eigenvalue weighted by molar-refractivity contribution is 9.10. The molecule has 1 N–H and O–H groups in total. The van der Waals surface area contributed by atoms with Crippen LogP contribution in [0.2, 0.25) is 5.02 Å². The summed E-state index contributed by atoms with van der Waals surface area (Å²) in [7, 11) is 0. The Kier molecular flexibility index (Phi) is 8.80. The van der Waals surface area contributed by atoms with Crippen LogP contribution < -0.4 is 14.9 Å². The highest BCUT2D eigenvalue weighted by Gasteiger charge is 2.14. The first-order valence-corrected chi connectivity index (χ1v) is 11.1. The molecule has 0 saturated carbocycles. The summed E-state index contributed by atoms with van der Waals surface area (Å²) in [6.07, 6.45) is 3.61. The van der Waals surface area contributed by atoms with Crippen molar-refractivity contribution in [1.29, 1.82) is 0 Å². The van der Waals surface area contributed by atoms with Gasteiger partial charge in [0.05, 0.1) is 6.21 Å². The Labute approximate surface area is 205 Å². The first-order chi connectivity index (χ1) is 15.9. The number of hydrogen-bond donors (Lipinski definition) is 1. The maximum Gasteiger partial charge on any atom is 0.336 e. The van der Waals surface area contributed by atoms with Crippen LogP contribution >= 0.6 is 27.5 Å². The van der Waals surface area contributed by atoms with E-state index >= 15 is 0 Å². The number of ether oxygens (including phenoxy) is 2. The van der Waals surface area contributed by atoms with Crippen LogP contribution in [0, 0.1) is 0 Å². The molecule has 0 heterocycles. The van der Waals surface area contributed by atoms with Crippen LogP contribution in [0.4, 0.5) is 0 Å². The first kappa shape index (κ1) is 24.2. The van der Waals surface area contributed by atoms with Crippen LogP contribution in [0.25, 0.3) is 6.08 Å². The van der Waals surface area contributed by atoms with Crippen LogP contribution in [0.5, 0.6) is 11.5 Å². The molecule has 0 aliphatic heterocycles. The summed E-state index contributed by atoms with van der Waals surface area (Å²) in [5.74, 6) is -0.175. The third kappa shape index (κ3) is 7.89. The minimum absolute atomic E-state index is 0.296. The first-order valence-electron chi connectivity index (χ1n) is 9.90. The molecule has 33 heavy (non-hydrogen) atoms. The fraction of sp³-hybridized carbons (Fsp3) is 0.0800. The van der Waals surface area contributed by atoms with Crippen LogP contribution in [0.1, 0.15) is 18.1 Å². The lowest BCUT2D eigenvalue weighted by molar-refractivity contribution is -0.129. The van der Waals surface area contributed by atoms with Gasteiger partial charge in [0.1, 0.15) is 11.5 Å². The molecule has 0 bridgehead atoms. The van der Waals surface area contributed by atoms with E-state index in [1.807, 2.05) is 30.3 Å². The lowest BCUT2D eigenvalue weighted by atomic mass is 10.2. The molecular formula is C25H20BrClN2O4. The van der Waals surface area contributed by atoms with Crippen molar-refractivity contribution < 1.29 is 19.1 Å². The van der Waals surface area contributed by atoms with Gasteiger partial charge in [-0.3, -0.25) is 4.79 Å². The van der Waals surface area contributed by atoms with Gasteiger partial charge in [-0.1, -0.05) is 57.9 Å². The lowest BCUT2D eigenvalue weighted by Gasteiger charge is -2.13. The number of nitrogens with zero attached hydrogens (tertiary/aromatic N) is 1. The molecule has 0 aliphatic carbocycles. The Balaban J connectivity index is 1.61. The van der Waals surface area contributed by atoms with Crippen molar-refractivity contribution in [2.75, 3.05) is 0 Å². The molecule has 0 spiro atoms. The molecule has 0 radical (unpaired) electrons. The molecule has 0 unspecified atom stereocenters. The summed E-state index contributed by atoms with van der Waals surface area (Å²) in [6.45, 7) is 1.60. The van der Waals surface area contributed by atoms with Crippen molar-refractivity contribution in [1.82, 2.24) is 5.43 Å². The second-order valence-electron chi connectivity index (χ2n) is 6.80. The Morgan fingerprint density at radius 1 is 1.06 bits per heavy atom. The van der Waals surface area contributed by atoms with Gasteiger partial charge in [0.15, 0.2) is 6.10 Å². The molecule has 8 heteroatoms. The van der Waals surface area contributed by atoms with Crippen molar-refractivity contribution in [3.63, 3.8) is 0 Å². The van der Waals surface area contributed by atoms with Gasteiger partial charge in [-0.2, -0.15) is 5.10 Å². The van der Waals surface area contributed by atoms with Crippen molar-refractivity contribution in [2.24, 2.45) is 5.10 Å². The van der Waals surface area contributed by atoms with Gasteiger partial charge < -0.3 is 9.47 Å². The normalized spacial score (nSPS) is 12.0. The number of carbonyl (C=O) groups is 2. The Morgan fingerprint density at radius 3 is 2.52 bits per heavy atom. The van der Waals surface area contributed by atoms with Crippen LogP contribution in [-0.2, 0) is 9.59 Å². The number of nitrogens with one attached hydrogen (secondary N) is 1. The third-order valence-electron chi connectivity index (χ3n) is 4.27. The van der Waals surface area contributed by atoms with E-state index in [9.17, 15) is 9.59 Å². The zero-order chi connectivity index (χ0) is 23.6. The van der Waals surface area contributed by atoms with Crippen molar-refractivity contribution in [2.45, 2.75) is 13.0 Å². The summed E-state index contributed by atoms with van der Waals surface area (Å²) < 4.78 is 11.8. The summed E-state index contributed by atoms with van der Waals surface area (Å²) in [4.78, 5) is 24.5. The Hall–Kier alpha value is -3.42. The van der Waals surface area contributed by atoms with E-state index in [2.05, 4.69) is 26.5 Å². The van der Waals surface area contributed by atoms with Gasteiger partial charge in [0.2, 0.25) is 0 Å². The molecule has 3 rings (SSSR count). The number of hydrogen-bond acceptors (Lipinski definition) is 5. The van der Waals surface area contributed by atoms with Crippen LogP contribution in [-0.4, -0.2) is 24.2 Å². The monoisotopic (exact) mass is 526 g/mol. The summed E-state index contributed by atoms with van der Waals surface area (Å²) in [5.41, 5.74) is 3.80. The molecule has 0 aliphatic rings. The Bertz CT molecular complexity index is 1160. The van der Waals surface area contributed by atoms with E-state index in [0.29, 0.717) is 22.1 Å². The largest absolute Gasteiger partial charge is 0.481 e. The number of rotatable bonds is 8. The Morgan fingerprint density at radius 2 is 1.79 bits per heavy atom. The number of amides is 1. The van der Waals surface area contributed by atoms with Gasteiger partial charge in [-0.25, -0.2) is 10.2 Å². The molecule has 3 aromatic carbocycles. The predicted molar refractivity (Wildman–Crippen MR) is 133 cm³/mol. The number of halogens is 2. The summed E-state index contributed by atoms with van der Waals surface area (Å²) in [6, 6.07) is 21.2. The van der Waals surface area contributed by atoms with Gasteiger partial charge in [-0.15, -0.1) is 0 Å². The number of esters is 1. The van der Waals surface area contributed by atoms with Crippen molar-refractivity contribution in [3.8, 4) is 11.5 Å². The fourth-order valence-electron chi connectivity index (χ4n) is 2.61. The average Bonchev–Trinajstić information content (AvgIpc) is 2.81. The highest BCUT2D eigenvalue weighted by Crippen LogP contribution is 2.22. The van der Waals surface area contributed by atoms with Crippen LogP contribution in [0.3, 0.4) is 0 Å². The fourth-order valence-corrected chi connectivity index (χ4v) is 3.12. The van der Waals surface area contributed by atoms with Gasteiger partial charge in [-0.05, 0) is 61.0 Å². The molecule has 0 saturated heterocycles. The lowest BCUT2D eigenvalue weighted by Crippen LogP contribution is -2.33. The number of hydrazone groups is 1. The molecular weight excluding hydrogens is 508 g/mol. The number of benzene rings is 3. The topological polar surface area (TPSA) is 77.0 Å². The van der Waals surface area contributed by atoms with Gasteiger partial charge in [0.25, 0.3) is 5.91 Å². The van der Waals surface area contributed by atoms with E-state index < -0.39 is 18.0 Å². The quantitative estimate of drug-likeness (QED) is 0.135. The molecule has 1 atom stereocenters. The molecule has 3 aromatic rings. The van der Waals surface area contributed by atoms with E-state index in [4.69, 9.17) is 21.1 Å². The van der Waals surface area contributed by atoms with Crippen molar-refractivity contribution >= 4 is 51.7 Å². The number of carbonyl (C=O) groups excluding carboxylic acids is 2. The standard InChI is InChI=1S/C25H20BrClN2O4/c1-17(32-22-11-9-21(27)10-12-22)25(31)29-28-16-19-15-20(26)8-13-23(19)33-24(30)14-7-18-5-3-2-4-6-18/h2-17H,1H3,(H,29,31)/b14-7+,28-16-/t17-/m1/s1. The third-order valence-corrected chi connectivity index (χ3v) is 5.01. The predicted octanol–water partition coefficient (Wildman–Crippen LogP) is 5.64. The van der Waals surface area contributed by atoms with E-state index in [0.717, 1.165) is 10.0 Å². The maximum absolute atomic E-state index is 12.3.